The van der Waals surface area contributed by atoms with E-state index < -0.39 is 5.60 Å². The van der Waals surface area contributed by atoms with Crippen molar-refractivity contribution < 1.29 is 19.0 Å². The first-order chi connectivity index (χ1) is 11.8. The molecule has 1 saturated heterocycles. The van der Waals surface area contributed by atoms with Crippen molar-refractivity contribution in [2.75, 3.05) is 26.8 Å². The zero-order valence-corrected chi connectivity index (χ0v) is 15.4. The number of rotatable bonds is 4. The fraction of sp³-hybridized carbons (Fsp3) is 0.579. The highest BCUT2D eigenvalue weighted by atomic mass is 16.6. The Kier molecular flexibility index (Phi) is 6.13. The van der Waals surface area contributed by atoms with Gasteiger partial charge >= 0.3 is 6.09 Å². The lowest BCUT2D eigenvalue weighted by molar-refractivity contribution is 0.0138. The summed E-state index contributed by atoms with van der Waals surface area (Å²) in [5.41, 5.74) is 0.0362. The van der Waals surface area contributed by atoms with Crippen LogP contribution in [0.3, 0.4) is 0 Å². The van der Waals surface area contributed by atoms with Gasteiger partial charge in [0.1, 0.15) is 5.60 Å². The molecule has 1 aliphatic rings. The van der Waals surface area contributed by atoms with Gasteiger partial charge in [0.05, 0.1) is 25.3 Å². The summed E-state index contributed by atoms with van der Waals surface area (Å²) in [7, 11) is 1.55. The average molecular weight is 346 g/mol. The number of methoxy groups -OCH3 is 1. The van der Waals surface area contributed by atoms with Crippen LogP contribution in [0, 0.1) is 17.2 Å². The predicted molar refractivity (Wildman–Crippen MR) is 93.7 cm³/mol. The van der Waals surface area contributed by atoms with E-state index in [2.05, 4.69) is 6.07 Å². The maximum atomic E-state index is 12.2. The summed E-state index contributed by atoms with van der Waals surface area (Å²) in [4.78, 5) is 14.0. The highest BCUT2D eigenvalue weighted by Crippen LogP contribution is 2.29. The monoisotopic (exact) mass is 346 g/mol. The SMILES string of the molecule is COc1cc(C#N)ccc1OC[C@@H]1CCCN(C(=O)OC(C)(C)C)C1. The van der Waals surface area contributed by atoms with Crippen LogP contribution in [-0.4, -0.2) is 43.4 Å². The first-order valence-electron chi connectivity index (χ1n) is 8.51. The highest BCUT2D eigenvalue weighted by Gasteiger charge is 2.28. The van der Waals surface area contributed by atoms with E-state index in [0.717, 1.165) is 12.8 Å². The maximum absolute atomic E-state index is 12.2. The lowest BCUT2D eigenvalue weighted by atomic mass is 9.99. The second kappa shape index (κ2) is 8.11. The van der Waals surface area contributed by atoms with E-state index in [1.54, 1.807) is 30.2 Å². The molecule has 0 aromatic heterocycles. The van der Waals surface area contributed by atoms with Crippen molar-refractivity contribution >= 4 is 6.09 Å². The van der Waals surface area contributed by atoms with Crippen LogP contribution in [0.2, 0.25) is 0 Å². The van der Waals surface area contributed by atoms with Crippen LogP contribution in [0.5, 0.6) is 11.5 Å². The number of benzene rings is 1. The molecule has 0 radical (unpaired) electrons. The van der Waals surface area contributed by atoms with Gasteiger partial charge in [0, 0.05) is 25.1 Å². The van der Waals surface area contributed by atoms with Crippen LogP contribution >= 0.6 is 0 Å². The number of ether oxygens (including phenoxy) is 3. The number of piperidine rings is 1. The molecule has 6 nitrogen and oxygen atoms in total. The fourth-order valence-electron chi connectivity index (χ4n) is 2.76. The molecule has 0 aliphatic carbocycles. The Morgan fingerprint density at radius 1 is 1.36 bits per heavy atom. The molecule has 1 heterocycles. The van der Waals surface area contributed by atoms with Crippen molar-refractivity contribution in [2.45, 2.75) is 39.2 Å². The van der Waals surface area contributed by atoms with Crippen LogP contribution in [0.1, 0.15) is 39.2 Å². The number of nitriles is 1. The Morgan fingerprint density at radius 2 is 2.12 bits per heavy atom. The zero-order chi connectivity index (χ0) is 18.4. The third-order valence-electron chi connectivity index (χ3n) is 3.94. The number of hydrogen-bond donors (Lipinski definition) is 0. The molecule has 6 heteroatoms. The molecular formula is C19H26N2O4. The average Bonchev–Trinajstić information content (AvgIpc) is 2.58. The number of likely N-dealkylation sites (tertiary alicyclic amines) is 1. The minimum atomic E-state index is -0.490. The standard InChI is InChI=1S/C19H26N2O4/c1-19(2,3)25-18(22)21-9-5-6-15(12-21)13-24-16-8-7-14(11-20)10-17(16)23-4/h7-8,10,15H,5-6,9,12-13H2,1-4H3/t15-/m1/s1. The molecule has 1 fully saturated rings. The van der Waals surface area contributed by atoms with Gasteiger partial charge < -0.3 is 19.1 Å². The number of carbonyl (C=O) groups is 1. The van der Waals surface area contributed by atoms with Gasteiger partial charge in [-0.1, -0.05) is 0 Å². The second-order valence-electron chi connectivity index (χ2n) is 7.22. The van der Waals surface area contributed by atoms with E-state index in [0.29, 0.717) is 36.8 Å². The zero-order valence-electron chi connectivity index (χ0n) is 15.4. The van der Waals surface area contributed by atoms with E-state index in [9.17, 15) is 4.79 Å². The fourth-order valence-corrected chi connectivity index (χ4v) is 2.76. The predicted octanol–water partition coefficient (Wildman–Crippen LogP) is 3.59. The number of hydrogen-bond acceptors (Lipinski definition) is 5. The summed E-state index contributed by atoms with van der Waals surface area (Å²) in [5.74, 6) is 1.39. The first-order valence-corrected chi connectivity index (χ1v) is 8.51. The Balaban J connectivity index is 1.93. The van der Waals surface area contributed by atoms with Crippen LogP contribution in [0.25, 0.3) is 0 Å². The van der Waals surface area contributed by atoms with Gasteiger partial charge in [-0.25, -0.2) is 4.79 Å². The number of nitrogens with zero attached hydrogens (tertiary/aromatic N) is 2. The van der Waals surface area contributed by atoms with Crippen LogP contribution in [-0.2, 0) is 4.74 Å². The third-order valence-corrected chi connectivity index (χ3v) is 3.94. The van der Waals surface area contributed by atoms with E-state index in [1.807, 2.05) is 20.8 Å². The first kappa shape index (κ1) is 18.9. The van der Waals surface area contributed by atoms with Crippen molar-refractivity contribution in [3.05, 3.63) is 23.8 Å². The van der Waals surface area contributed by atoms with Crippen molar-refractivity contribution in [1.82, 2.24) is 4.90 Å². The molecule has 0 N–H and O–H groups in total. The van der Waals surface area contributed by atoms with Gasteiger partial charge in [-0.15, -0.1) is 0 Å². The number of carbonyl (C=O) groups excluding carboxylic acids is 1. The largest absolute Gasteiger partial charge is 0.493 e. The van der Waals surface area contributed by atoms with Gasteiger partial charge in [-0.2, -0.15) is 5.26 Å². The van der Waals surface area contributed by atoms with Gasteiger partial charge in [-0.05, 0) is 45.7 Å². The van der Waals surface area contributed by atoms with Crippen molar-refractivity contribution in [3.63, 3.8) is 0 Å². The Labute approximate surface area is 149 Å². The molecule has 0 spiro atoms. The minimum absolute atomic E-state index is 0.238. The van der Waals surface area contributed by atoms with Crippen molar-refractivity contribution in [2.24, 2.45) is 5.92 Å². The summed E-state index contributed by atoms with van der Waals surface area (Å²) >= 11 is 0. The summed E-state index contributed by atoms with van der Waals surface area (Å²) in [6.07, 6.45) is 1.66. The van der Waals surface area contributed by atoms with Gasteiger partial charge in [0.15, 0.2) is 11.5 Å². The Hall–Kier alpha value is -2.42. The molecule has 0 saturated carbocycles. The van der Waals surface area contributed by atoms with Crippen LogP contribution in [0.15, 0.2) is 18.2 Å². The molecule has 1 atom stereocenters. The Bertz CT molecular complexity index is 646. The second-order valence-corrected chi connectivity index (χ2v) is 7.22. The van der Waals surface area contributed by atoms with E-state index >= 15 is 0 Å². The minimum Gasteiger partial charge on any atom is -0.493 e. The summed E-state index contributed by atoms with van der Waals surface area (Å²) in [6.45, 7) is 7.42. The molecule has 1 amide bonds. The number of amides is 1. The molecule has 0 unspecified atom stereocenters. The lowest BCUT2D eigenvalue weighted by Crippen LogP contribution is -2.44. The molecular weight excluding hydrogens is 320 g/mol. The van der Waals surface area contributed by atoms with E-state index in [4.69, 9.17) is 19.5 Å². The van der Waals surface area contributed by atoms with Crippen LogP contribution in [0.4, 0.5) is 4.79 Å². The third kappa shape index (κ3) is 5.56. The molecule has 136 valence electrons. The highest BCUT2D eigenvalue weighted by molar-refractivity contribution is 5.68. The van der Waals surface area contributed by atoms with Crippen LogP contribution < -0.4 is 9.47 Å². The van der Waals surface area contributed by atoms with Crippen molar-refractivity contribution in [3.8, 4) is 17.6 Å². The van der Waals surface area contributed by atoms with Crippen molar-refractivity contribution in [1.29, 1.82) is 5.26 Å². The molecule has 25 heavy (non-hydrogen) atoms. The molecule has 1 aromatic rings. The van der Waals surface area contributed by atoms with E-state index in [1.165, 1.54) is 0 Å². The van der Waals surface area contributed by atoms with E-state index in [-0.39, 0.29) is 12.0 Å². The Morgan fingerprint density at radius 3 is 2.76 bits per heavy atom. The normalized spacial score (nSPS) is 17.6. The van der Waals surface area contributed by atoms with Gasteiger partial charge in [0.25, 0.3) is 0 Å². The molecule has 1 aliphatic heterocycles. The topological polar surface area (TPSA) is 71.8 Å². The summed E-state index contributed by atoms with van der Waals surface area (Å²) < 4.78 is 16.6. The van der Waals surface area contributed by atoms with Gasteiger partial charge in [-0.3, -0.25) is 0 Å². The maximum Gasteiger partial charge on any atom is 0.410 e. The quantitative estimate of drug-likeness (QED) is 0.833. The molecule has 0 bridgehead atoms. The summed E-state index contributed by atoms with van der Waals surface area (Å²) in [6, 6.07) is 7.18. The summed E-state index contributed by atoms with van der Waals surface area (Å²) in [5, 5.41) is 8.95. The van der Waals surface area contributed by atoms with Gasteiger partial charge in [0.2, 0.25) is 0 Å². The molecule has 1 aromatic carbocycles. The lowest BCUT2D eigenvalue weighted by Gasteiger charge is -2.34. The molecule has 2 rings (SSSR count). The smallest absolute Gasteiger partial charge is 0.410 e.